The van der Waals surface area contributed by atoms with Crippen LogP contribution in [0.25, 0.3) is 0 Å². The molecular formula is C17H35NO. The van der Waals surface area contributed by atoms with E-state index in [0.717, 1.165) is 25.3 Å². The summed E-state index contributed by atoms with van der Waals surface area (Å²) in [6, 6.07) is 0.627. The van der Waals surface area contributed by atoms with Gasteiger partial charge >= 0.3 is 0 Å². The molecule has 1 atom stereocenters. The lowest BCUT2D eigenvalue weighted by Gasteiger charge is -2.37. The van der Waals surface area contributed by atoms with Gasteiger partial charge in [-0.15, -0.1) is 0 Å². The first kappa shape index (κ1) is 17.0. The zero-order valence-corrected chi connectivity index (χ0v) is 13.7. The second-order valence-electron chi connectivity index (χ2n) is 7.47. The molecular weight excluding hydrogens is 234 g/mol. The molecule has 0 aromatic rings. The number of rotatable bonds is 6. The average Bonchev–Trinajstić information content (AvgIpc) is 2.37. The Labute approximate surface area is 120 Å². The third-order valence-corrected chi connectivity index (χ3v) is 5.16. The summed E-state index contributed by atoms with van der Waals surface area (Å²) in [7, 11) is 0. The Bertz CT molecular complexity index is 234. The summed E-state index contributed by atoms with van der Waals surface area (Å²) in [5.74, 6) is 1.33. The number of hydrogen-bond donors (Lipinski definition) is 2. The van der Waals surface area contributed by atoms with Crippen LogP contribution in [-0.4, -0.2) is 23.8 Å². The second-order valence-corrected chi connectivity index (χ2v) is 7.47. The minimum absolute atomic E-state index is 0.171. The Hall–Kier alpha value is -0.0800. The molecule has 0 heterocycles. The van der Waals surface area contributed by atoms with E-state index in [1.54, 1.807) is 0 Å². The molecule has 2 N–H and O–H groups in total. The van der Waals surface area contributed by atoms with Gasteiger partial charge in [0.2, 0.25) is 0 Å². The van der Waals surface area contributed by atoms with Gasteiger partial charge in [0, 0.05) is 12.6 Å². The smallest absolute Gasteiger partial charge is 0.0692 e. The van der Waals surface area contributed by atoms with Crippen molar-refractivity contribution in [2.45, 2.75) is 85.3 Å². The largest absolute Gasteiger partial charge is 0.392 e. The SMILES string of the molecule is CCC(CC)C(O)CNC1CCC(C(C)(C)C)CC1. The summed E-state index contributed by atoms with van der Waals surface area (Å²) < 4.78 is 0. The van der Waals surface area contributed by atoms with Crippen molar-refractivity contribution in [2.24, 2.45) is 17.3 Å². The van der Waals surface area contributed by atoms with Gasteiger partial charge in [-0.2, -0.15) is 0 Å². The number of nitrogens with one attached hydrogen (secondary N) is 1. The molecule has 114 valence electrons. The molecule has 0 aromatic heterocycles. The Morgan fingerprint density at radius 2 is 1.58 bits per heavy atom. The zero-order chi connectivity index (χ0) is 14.5. The molecule has 2 heteroatoms. The highest BCUT2D eigenvalue weighted by molar-refractivity contribution is 4.84. The summed E-state index contributed by atoms with van der Waals surface area (Å²) in [6.45, 7) is 12.2. The lowest BCUT2D eigenvalue weighted by Crippen LogP contribution is -2.41. The van der Waals surface area contributed by atoms with Crippen LogP contribution in [0.5, 0.6) is 0 Å². The van der Waals surface area contributed by atoms with Gasteiger partial charge in [-0.3, -0.25) is 0 Å². The molecule has 1 unspecified atom stereocenters. The molecule has 2 nitrogen and oxygen atoms in total. The van der Waals surface area contributed by atoms with Gasteiger partial charge < -0.3 is 10.4 Å². The molecule has 0 saturated heterocycles. The van der Waals surface area contributed by atoms with Gasteiger partial charge in [0.05, 0.1) is 6.10 Å². The van der Waals surface area contributed by atoms with Gasteiger partial charge in [-0.1, -0.05) is 47.5 Å². The summed E-state index contributed by atoms with van der Waals surface area (Å²) in [4.78, 5) is 0. The van der Waals surface area contributed by atoms with Crippen molar-refractivity contribution in [2.75, 3.05) is 6.54 Å². The molecule has 1 fully saturated rings. The molecule has 1 aliphatic rings. The van der Waals surface area contributed by atoms with E-state index in [-0.39, 0.29) is 6.10 Å². The van der Waals surface area contributed by atoms with Gasteiger partial charge in [0.15, 0.2) is 0 Å². The van der Waals surface area contributed by atoms with E-state index in [4.69, 9.17) is 0 Å². The minimum atomic E-state index is -0.171. The lowest BCUT2D eigenvalue weighted by atomic mass is 9.71. The molecule has 0 bridgehead atoms. The van der Waals surface area contributed by atoms with Gasteiger partial charge in [-0.05, 0) is 42.9 Å². The topological polar surface area (TPSA) is 32.3 Å². The molecule has 1 aliphatic carbocycles. The highest BCUT2D eigenvalue weighted by atomic mass is 16.3. The Morgan fingerprint density at radius 3 is 2.00 bits per heavy atom. The van der Waals surface area contributed by atoms with Crippen molar-refractivity contribution in [3.8, 4) is 0 Å². The van der Waals surface area contributed by atoms with Crippen molar-refractivity contribution < 1.29 is 5.11 Å². The molecule has 0 aromatic carbocycles. The van der Waals surface area contributed by atoms with E-state index in [9.17, 15) is 5.11 Å². The molecule has 1 rings (SSSR count). The molecule has 0 radical (unpaired) electrons. The predicted molar refractivity (Wildman–Crippen MR) is 83.3 cm³/mol. The van der Waals surface area contributed by atoms with E-state index in [2.05, 4.69) is 39.9 Å². The number of aliphatic hydroxyl groups excluding tert-OH is 1. The maximum Gasteiger partial charge on any atom is 0.0692 e. The van der Waals surface area contributed by atoms with E-state index in [1.807, 2.05) is 0 Å². The fourth-order valence-corrected chi connectivity index (χ4v) is 3.45. The van der Waals surface area contributed by atoms with Crippen molar-refractivity contribution in [3.05, 3.63) is 0 Å². The number of hydrogen-bond acceptors (Lipinski definition) is 2. The van der Waals surface area contributed by atoms with Gasteiger partial charge in [-0.25, -0.2) is 0 Å². The molecule has 0 amide bonds. The summed E-state index contributed by atoms with van der Waals surface area (Å²) >= 11 is 0. The van der Waals surface area contributed by atoms with Gasteiger partial charge in [0.25, 0.3) is 0 Å². The fraction of sp³-hybridized carbons (Fsp3) is 1.00. The Balaban J connectivity index is 2.26. The molecule has 19 heavy (non-hydrogen) atoms. The van der Waals surface area contributed by atoms with E-state index >= 15 is 0 Å². The predicted octanol–water partition coefficient (Wildman–Crippen LogP) is 3.98. The van der Waals surface area contributed by atoms with Crippen LogP contribution >= 0.6 is 0 Å². The van der Waals surface area contributed by atoms with E-state index in [0.29, 0.717) is 17.4 Å². The Morgan fingerprint density at radius 1 is 1.05 bits per heavy atom. The summed E-state index contributed by atoms with van der Waals surface area (Å²) in [5.41, 5.74) is 0.458. The van der Waals surface area contributed by atoms with Gasteiger partial charge in [0.1, 0.15) is 0 Å². The van der Waals surface area contributed by atoms with Crippen molar-refractivity contribution in [3.63, 3.8) is 0 Å². The summed E-state index contributed by atoms with van der Waals surface area (Å²) in [5, 5.41) is 13.8. The van der Waals surface area contributed by atoms with Crippen LogP contribution in [0.4, 0.5) is 0 Å². The maximum absolute atomic E-state index is 10.2. The normalized spacial score (nSPS) is 26.7. The number of aliphatic hydroxyl groups is 1. The first-order chi connectivity index (χ1) is 8.88. The van der Waals surface area contributed by atoms with Crippen LogP contribution in [0.2, 0.25) is 0 Å². The van der Waals surface area contributed by atoms with E-state index in [1.165, 1.54) is 25.7 Å². The van der Waals surface area contributed by atoms with Crippen LogP contribution in [0, 0.1) is 17.3 Å². The molecule has 1 saturated carbocycles. The monoisotopic (exact) mass is 269 g/mol. The van der Waals surface area contributed by atoms with Crippen molar-refractivity contribution >= 4 is 0 Å². The first-order valence-corrected chi connectivity index (χ1v) is 8.29. The highest BCUT2D eigenvalue weighted by Crippen LogP contribution is 2.37. The average molecular weight is 269 g/mol. The standard InChI is InChI=1S/C17H35NO/c1-6-13(7-2)16(19)12-18-15-10-8-14(9-11-15)17(3,4)5/h13-16,18-19H,6-12H2,1-5H3. The quantitative estimate of drug-likeness (QED) is 0.764. The van der Waals surface area contributed by atoms with Crippen molar-refractivity contribution in [1.29, 1.82) is 0 Å². The van der Waals surface area contributed by atoms with Crippen LogP contribution in [0.1, 0.15) is 73.1 Å². The van der Waals surface area contributed by atoms with E-state index < -0.39 is 0 Å². The van der Waals surface area contributed by atoms with Crippen LogP contribution in [0.15, 0.2) is 0 Å². The molecule has 0 aliphatic heterocycles. The lowest BCUT2D eigenvalue weighted by molar-refractivity contribution is 0.0912. The maximum atomic E-state index is 10.2. The molecule has 0 spiro atoms. The zero-order valence-electron chi connectivity index (χ0n) is 13.7. The van der Waals surface area contributed by atoms with Crippen LogP contribution < -0.4 is 5.32 Å². The van der Waals surface area contributed by atoms with Crippen LogP contribution in [-0.2, 0) is 0 Å². The second kappa shape index (κ2) is 7.64. The Kier molecular flexibility index (Phi) is 6.82. The summed E-state index contributed by atoms with van der Waals surface area (Å²) in [6.07, 6.45) is 7.21. The minimum Gasteiger partial charge on any atom is -0.392 e. The first-order valence-electron chi connectivity index (χ1n) is 8.29. The van der Waals surface area contributed by atoms with Crippen molar-refractivity contribution in [1.82, 2.24) is 5.32 Å². The highest BCUT2D eigenvalue weighted by Gasteiger charge is 2.29. The third-order valence-electron chi connectivity index (χ3n) is 5.16. The fourth-order valence-electron chi connectivity index (χ4n) is 3.45. The van der Waals surface area contributed by atoms with Crippen LogP contribution in [0.3, 0.4) is 0 Å². The third kappa shape index (κ3) is 5.43.